The molecule has 2 heteroatoms. The molecule has 1 aliphatic rings. The minimum Gasteiger partial charge on any atom is -0.378 e. The highest BCUT2D eigenvalue weighted by atomic mass is 15.1. The van der Waals surface area contributed by atoms with Crippen LogP contribution in [0, 0.1) is 6.92 Å². The van der Waals surface area contributed by atoms with Crippen LogP contribution in [-0.2, 0) is 0 Å². The smallest absolute Gasteiger partial charge is 0.199 e. The minimum absolute atomic E-state index is 1.21. The zero-order valence-corrected chi connectivity index (χ0v) is 16.3. The van der Waals surface area contributed by atoms with Gasteiger partial charge in [0.15, 0.2) is 5.71 Å². The second-order valence-electron chi connectivity index (χ2n) is 7.07. The molecule has 2 aromatic rings. The van der Waals surface area contributed by atoms with E-state index in [2.05, 4.69) is 117 Å². The van der Waals surface area contributed by atoms with Crippen molar-refractivity contribution in [2.45, 2.75) is 6.92 Å². The lowest BCUT2D eigenvalue weighted by atomic mass is 9.88. The molecule has 0 heterocycles. The summed E-state index contributed by atoms with van der Waals surface area (Å²) in [5, 5.41) is 0. The highest BCUT2D eigenvalue weighted by Crippen LogP contribution is 2.32. The van der Waals surface area contributed by atoms with E-state index in [1.54, 1.807) is 0 Å². The Morgan fingerprint density at radius 2 is 1.42 bits per heavy atom. The first-order chi connectivity index (χ1) is 12.5. The van der Waals surface area contributed by atoms with Crippen molar-refractivity contribution in [3.63, 3.8) is 0 Å². The number of benzene rings is 2. The third-order valence-corrected chi connectivity index (χ3v) is 4.76. The summed E-state index contributed by atoms with van der Waals surface area (Å²) in [6, 6.07) is 17.4. The molecule has 0 saturated heterocycles. The molecule has 3 rings (SSSR count). The molecule has 0 fully saturated rings. The van der Waals surface area contributed by atoms with Crippen molar-refractivity contribution in [2.75, 3.05) is 33.1 Å². The molecule has 0 N–H and O–H groups in total. The molecule has 0 amide bonds. The van der Waals surface area contributed by atoms with Crippen molar-refractivity contribution in [2.24, 2.45) is 0 Å². The third kappa shape index (κ3) is 3.70. The van der Waals surface area contributed by atoms with Gasteiger partial charge in [0.05, 0.1) is 0 Å². The summed E-state index contributed by atoms with van der Waals surface area (Å²) in [6.07, 6.45) is 8.80. The number of aryl methyl sites for hydroxylation is 1. The monoisotopic (exact) mass is 343 g/mol. The predicted molar refractivity (Wildman–Crippen MR) is 113 cm³/mol. The van der Waals surface area contributed by atoms with E-state index in [1.807, 2.05) is 0 Å². The molecule has 26 heavy (non-hydrogen) atoms. The molecule has 0 atom stereocenters. The second-order valence-corrected chi connectivity index (χ2v) is 7.07. The van der Waals surface area contributed by atoms with Crippen LogP contribution >= 0.6 is 0 Å². The van der Waals surface area contributed by atoms with Gasteiger partial charge >= 0.3 is 0 Å². The third-order valence-electron chi connectivity index (χ3n) is 4.76. The van der Waals surface area contributed by atoms with Gasteiger partial charge in [0.2, 0.25) is 0 Å². The molecule has 2 aromatic carbocycles. The largest absolute Gasteiger partial charge is 0.378 e. The van der Waals surface area contributed by atoms with Crippen molar-refractivity contribution in [1.82, 2.24) is 0 Å². The summed E-state index contributed by atoms with van der Waals surface area (Å²) in [5.74, 6) is 0. The number of hydrogen-bond acceptors (Lipinski definition) is 1. The predicted octanol–water partition coefficient (Wildman–Crippen LogP) is 4.70. The summed E-state index contributed by atoms with van der Waals surface area (Å²) in [5.41, 5.74) is 8.74. The van der Waals surface area contributed by atoms with E-state index >= 15 is 0 Å². The van der Waals surface area contributed by atoms with Crippen molar-refractivity contribution in [3.05, 3.63) is 95.1 Å². The first kappa shape index (κ1) is 17.9. The van der Waals surface area contributed by atoms with Gasteiger partial charge in [-0.15, -0.1) is 0 Å². The van der Waals surface area contributed by atoms with E-state index < -0.39 is 0 Å². The molecule has 0 spiro atoms. The van der Waals surface area contributed by atoms with Gasteiger partial charge in [0.1, 0.15) is 14.1 Å². The van der Waals surface area contributed by atoms with Crippen LogP contribution in [0.15, 0.2) is 78.4 Å². The quantitative estimate of drug-likeness (QED) is 0.732. The zero-order chi connectivity index (χ0) is 18.7. The SMILES string of the molecule is Cc1ccccc1C(=C1C=CC(=[N+](C)C)C=C1)c1ccc(N(C)C)cc1. The number of rotatable bonds is 3. The van der Waals surface area contributed by atoms with Crippen LogP contribution in [0.5, 0.6) is 0 Å². The number of hydrogen-bond donors (Lipinski definition) is 0. The van der Waals surface area contributed by atoms with Crippen molar-refractivity contribution in [1.29, 1.82) is 0 Å². The minimum atomic E-state index is 1.21. The maximum absolute atomic E-state index is 2.22. The van der Waals surface area contributed by atoms with E-state index in [1.165, 1.54) is 39.2 Å². The van der Waals surface area contributed by atoms with Crippen LogP contribution < -0.4 is 4.90 Å². The Morgan fingerprint density at radius 3 is 1.96 bits per heavy atom. The van der Waals surface area contributed by atoms with Crippen molar-refractivity contribution < 1.29 is 4.58 Å². The van der Waals surface area contributed by atoms with Gasteiger partial charge in [-0.1, -0.05) is 36.4 Å². The van der Waals surface area contributed by atoms with E-state index in [0.717, 1.165) is 0 Å². The Balaban J connectivity index is 2.17. The van der Waals surface area contributed by atoms with E-state index in [9.17, 15) is 0 Å². The van der Waals surface area contributed by atoms with Gasteiger partial charge in [-0.3, -0.25) is 0 Å². The highest BCUT2D eigenvalue weighted by molar-refractivity contribution is 6.04. The maximum Gasteiger partial charge on any atom is 0.199 e. The maximum atomic E-state index is 2.22. The van der Waals surface area contributed by atoms with Crippen molar-refractivity contribution in [3.8, 4) is 0 Å². The Hall–Kier alpha value is -2.87. The van der Waals surface area contributed by atoms with Crippen LogP contribution in [0.2, 0.25) is 0 Å². The standard InChI is InChI=1S/C24H27N2/c1-18-8-6-7-9-23(18)24(19-10-14-21(15-11-19)25(2)3)20-12-16-22(17-13-20)26(4)5/h6-17H,1-5H3/q+1. The Bertz CT molecular complexity index is 901. The van der Waals surface area contributed by atoms with E-state index in [0.29, 0.717) is 0 Å². The van der Waals surface area contributed by atoms with E-state index in [-0.39, 0.29) is 0 Å². The zero-order valence-electron chi connectivity index (χ0n) is 16.3. The summed E-state index contributed by atoms with van der Waals surface area (Å²) < 4.78 is 2.13. The van der Waals surface area contributed by atoms with Gasteiger partial charge in [-0.2, -0.15) is 0 Å². The fourth-order valence-corrected chi connectivity index (χ4v) is 3.18. The molecule has 0 bridgehead atoms. The Labute approximate surface area is 157 Å². The molecule has 0 aromatic heterocycles. The molecule has 132 valence electrons. The molecular weight excluding hydrogens is 316 g/mol. The fraction of sp³-hybridized carbons (Fsp3) is 0.208. The molecule has 2 nitrogen and oxygen atoms in total. The molecular formula is C24H27N2+. The van der Waals surface area contributed by atoms with Gasteiger partial charge < -0.3 is 4.90 Å². The fourth-order valence-electron chi connectivity index (χ4n) is 3.18. The molecule has 0 radical (unpaired) electrons. The van der Waals surface area contributed by atoms with Gasteiger partial charge in [0, 0.05) is 31.9 Å². The van der Waals surface area contributed by atoms with Crippen LogP contribution in [0.1, 0.15) is 16.7 Å². The van der Waals surface area contributed by atoms with Crippen LogP contribution in [0.4, 0.5) is 5.69 Å². The molecule has 1 aliphatic carbocycles. The molecule has 0 unspecified atom stereocenters. The van der Waals surface area contributed by atoms with Gasteiger partial charge in [0.25, 0.3) is 0 Å². The van der Waals surface area contributed by atoms with E-state index in [4.69, 9.17) is 0 Å². The normalized spacial score (nSPS) is 13.1. The lowest BCUT2D eigenvalue weighted by Crippen LogP contribution is -2.10. The molecule has 0 saturated carbocycles. The summed E-state index contributed by atoms with van der Waals surface area (Å²) in [7, 11) is 8.28. The summed E-state index contributed by atoms with van der Waals surface area (Å²) >= 11 is 0. The van der Waals surface area contributed by atoms with Crippen LogP contribution in [0.3, 0.4) is 0 Å². The number of anilines is 1. The lowest BCUT2D eigenvalue weighted by Gasteiger charge is -2.17. The average molecular weight is 343 g/mol. The van der Waals surface area contributed by atoms with Crippen LogP contribution in [-0.4, -0.2) is 38.5 Å². The highest BCUT2D eigenvalue weighted by Gasteiger charge is 2.14. The number of allylic oxidation sites excluding steroid dienone is 5. The van der Waals surface area contributed by atoms with Gasteiger partial charge in [-0.25, -0.2) is 4.58 Å². The van der Waals surface area contributed by atoms with Crippen LogP contribution in [0.25, 0.3) is 5.57 Å². The number of nitrogens with zero attached hydrogens (tertiary/aromatic N) is 2. The first-order valence-electron chi connectivity index (χ1n) is 8.96. The van der Waals surface area contributed by atoms with Gasteiger partial charge in [-0.05, 0) is 59.0 Å². The Kier molecular flexibility index (Phi) is 5.22. The first-order valence-corrected chi connectivity index (χ1v) is 8.96. The average Bonchev–Trinajstić information content (AvgIpc) is 2.64. The second kappa shape index (κ2) is 7.57. The Morgan fingerprint density at radius 1 is 0.808 bits per heavy atom. The topological polar surface area (TPSA) is 6.25 Å². The summed E-state index contributed by atoms with van der Waals surface area (Å²) in [6.45, 7) is 2.18. The molecule has 0 aliphatic heterocycles. The lowest BCUT2D eigenvalue weighted by molar-refractivity contribution is -0.462. The van der Waals surface area contributed by atoms with Crippen molar-refractivity contribution >= 4 is 17.0 Å². The summed E-state index contributed by atoms with van der Waals surface area (Å²) in [4.78, 5) is 2.13.